The Morgan fingerprint density at radius 2 is 1.93 bits per heavy atom. The van der Waals surface area contributed by atoms with Gasteiger partial charge in [0.05, 0.1) is 5.75 Å². The number of sulfonamides is 1. The highest BCUT2D eigenvalue weighted by Crippen LogP contribution is 2.35. The van der Waals surface area contributed by atoms with Crippen LogP contribution in [0.5, 0.6) is 0 Å². The van der Waals surface area contributed by atoms with E-state index in [-0.39, 0.29) is 5.75 Å². The minimum Gasteiger partial charge on any atom is -0.268 e. The monoisotopic (exact) mass is 527 g/mol. The van der Waals surface area contributed by atoms with E-state index in [9.17, 15) is 13.2 Å². The third kappa shape index (κ3) is 5.63. The Bertz CT molecular complexity index is 1190. The van der Waals surface area contributed by atoms with Crippen LogP contribution < -0.4 is 4.72 Å². The number of rotatable bonds is 8. The van der Waals surface area contributed by atoms with E-state index in [2.05, 4.69) is 20.7 Å². The van der Waals surface area contributed by atoms with E-state index in [0.29, 0.717) is 23.4 Å². The highest BCUT2D eigenvalue weighted by Gasteiger charge is 2.18. The van der Waals surface area contributed by atoms with Gasteiger partial charge >= 0.3 is 0 Å². The van der Waals surface area contributed by atoms with Gasteiger partial charge in [-0.25, -0.2) is 13.1 Å². The molecule has 30 heavy (non-hydrogen) atoms. The number of benzene rings is 2. The predicted octanol–water partition coefficient (Wildman–Crippen LogP) is 6.47. The van der Waals surface area contributed by atoms with E-state index in [4.69, 9.17) is 11.6 Å². The highest BCUT2D eigenvalue weighted by molar-refractivity contribution is 9.10. The molecule has 0 aliphatic carbocycles. The first-order chi connectivity index (χ1) is 14.2. The molecule has 0 fully saturated rings. The normalized spacial score (nSPS) is 11.7. The number of carbonyl (C=O) groups is 1. The summed E-state index contributed by atoms with van der Waals surface area (Å²) in [4.78, 5) is 13.7. The van der Waals surface area contributed by atoms with Crippen molar-refractivity contribution in [2.75, 3.05) is 5.75 Å². The van der Waals surface area contributed by atoms with Crippen LogP contribution in [0, 0.1) is 6.92 Å². The van der Waals surface area contributed by atoms with Gasteiger partial charge in [0.15, 0.2) is 0 Å². The lowest BCUT2D eigenvalue weighted by molar-refractivity contribution is 0.0981. The maximum Gasteiger partial charge on any atom is 0.264 e. The first-order valence-corrected chi connectivity index (χ1v) is 13.3. The number of hydrogen-bond donors (Lipinski definition) is 1. The van der Waals surface area contributed by atoms with Crippen LogP contribution in [0.4, 0.5) is 0 Å². The second-order valence-electron chi connectivity index (χ2n) is 7.22. The molecule has 0 unspecified atom stereocenters. The standard InChI is InChI=1S/C22H23BrClNO3S2/c1-3-4-5-10-30(27,28)25-22(26)16-7-9-21-19(12-16)18(14(2)29-21)11-15-6-8-17(23)13-20(15)24/h6-9,12-13H,3-5,10-11H2,1-2H3,(H,25,26). The van der Waals surface area contributed by atoms with Crippen LogP contribution in [0.2, 0.25) is 5.02 Å². The summed E-state index contributed by atoms with van der Waals surface area (Å²) >= 11 is 11.5. The number of aryl methyl sites for hydroxylation is 1. The quantitative estimate of drug-likeness (QED) is 0.341. The van der Waals surface area contributed by atoms with Gasteiger partial charge in [-0.2, -0.15) is 0 Å². The Balaban J connectivity index is 1.88. The van der Waals surface area contributed by atoms with Gasteiger partial charge in [0.2, 0.25) is 10.0 Å². The largest absolute Gasteiger partial charge is 0.268 e. The van der Waals surface area contributed by atoms with E-state index in [1.54, 1.807) is 23.5 Å². The van der Waals surface area contributed by atoms with E-state index in [1.807, 2.05) is 38.1 Å². The van der Waals surface area contributed by atoms with E-state index >= 15 is 0 Å². The summed E-state index contributed by atoms with van der Waals surface area (Å²) in [5.74, 6) is -0.635. The maximum absolute atomic E-state index is 12.6. The van der Waals surface area contributed by atoms with Crippen molar-refractivity contribution in [3.8, 4) is 0 Å². The molecular weight excluding hydrogens is 506 g/mol. The molecule has 2 aromatic carbocycles. The fraction of sp³-hybridized carbons (Fsp3) is 0.318. The summed E-state index contributed by atoms with van der Waals surface area (Å²) < 4.78 is 28.5. The smallest absolute Gasteiger partial charge is 0.264 e. The first-order valence-electron chi connectivity index (χ1n) is 9.71. The molecule has 1 heterocycles. The topological polar surface area (TPSA) is 63.2 Å². The number of thiophene rings is 1. The summed E-state index contributed by atoms with van der Waals surface area (Å²) in [5.41, 5.74) is 2.43. The molecule has 0 saturated heterocycles. The second-order valence-corrected chi connectivity index (χ2v) is 11.6. The van der Waals surface area contributed by atoms with Crippen LogP contribution in [0.1, 0.15) is 52.5 Å². The van der Waals surface area contributed by atoms with Crippen molar-refractivity contribution in [2.24, 2.45) is 0 Å². The Morgan fingerprint density at radius 1 is 1.17 bits per heavy atom. The van der Waals surface area contributed by atoms with Crippen LogP contribution >= 0.6 is 38.9 Å². The first kappa shape index (κ1) is 23.3. The summed E-state index contributed by atoms with van der Waals surface area (Å²) in [6.45, 7) is 4.05. The molecule has 160 valence electrons. The minimum absolute atomic E-state index is 0.0420. The van der Waals surface area contributed by atoms with Crippen LogP contribution in [-0.4, -0.2) is 20.1 Å². The molecule has 0 saturated carbocycles. The van der Waals surface area contributed by atoms with Crippen LogP contribution in [0.3, 0.4) is 0 Å². The van der Waals surface area contributed by atoms with E-state index < -0.39 is 15.9 Å². The SMILES string of the molecule is CCCCCS(=O)(=O)NC(=O)c1ccc2sc(C)c(Cc3ccc(Br)cc3Cl)c2c1. The van der Waals surface area contributed by atoms with Gasteiger partial charge in [0.1, 0.15) is 0 Å². The summed E-state index contributed by atoms with van der Waals surface area (Å²) in [7, 11) is -3.64. The number of amides is 1. The van der Waals surface area contributed by atoms with Crippen LogP contribution in [0.15, 0.2) is 40.9 Å². The number of nitrogens with one attached hydrogen (secondary N) is 1. The molecule has 1 aromatic heterocycles. The summed E-state index contributed by atoms with van der Waals surface area (Å²) in [6, 6.07) is 11.1. The third-order valence-electron chi connectivity index (χ3n) is 4.90. The predicted molar refractivity (Wildman–Crippen MR) is 129 cm³/mol. The highest BCUT2D eigenvalue weighted by atomic mass is 79.9. The summed E-state index contributed by atoms with van der Waals surface area (Å²) in [5, 5.41) is 1.63. The van der Waals surface area contributed by atoms with Gasteiger partial charge in [-0.15, -0.1) is 11.3 Å². The van der Waals surface area contributed by atoms with Crippen molar-refractivity contribution in [3.63, 3.8) is 0 Å². The van der Waals surface area contributed by atoms with Gasteiger partial charge in [0, 0.05) is 31.1 Å². The molecule has 0 radical (unpaired) electrons. The third-order valence-corrected chi connectivity index (χ3v) is 8.20. The lowest BCUT2D eigenvalue weighted by Gasteiger charge is -2.08. The van der Waals surface area contributed by atoms with Gasteiger partial charge in [0.25, 0.3) is 5.91 Å². The van der Waals surface area contributed by atoms with Gasteiger partial charge in [-0.1, -0.05) is 53.4 Å². The van der Waals surface area contributed by atoms with Crippen LogP contribution in [-0.2, 0) is 16.4 Å². The van der Waals surface area contributed by atoms with Crippen molar-refractivity contribution >= 4 is 64.9 Å². The lowest BCUT2D eigenvalue weighted by Crippen LogP contribution is -2.32. The van der Waals surface area contributed by atoms with Gasteiger partial charge < -0.3 is 0 Å². The number of fused-ring (bicyclic) bond motifs is 1. The van der Waals surface area contributed by atoms with Crippen molar-refractivity contribution in [1.82, 2.24) is 4.72 Å². The second kappa shape index (κ2) is 9.81. The zero-order valence-electron chi connectivity index (χ0n) is 16.8. The minimum atomic E-state index is -3.64. The molecule has 4 nitrogen and oxygen atoms in total. The number of unbranched alkanes of at least 4 members (excludes halogenated alkanes) is 2. The zero-order valence-corrected chi connectivity index (χ0v) is 20.8. The zero-order chi connectivity index (χ0) is 21.9. The molecule has 0 atom stereocenters. The van der Waals surface area contributed by atoms with E-state index in [1.165, 1.54) is 0 Å². The maximum atomic E-state index is 12.6. The molecule has 1 N–H and O–H groups in total. The van der Waals surface area contributed by atoms with Crippen molar-refractivity contribution in [3.05, 3.63) is 67.5 Å². The molecule has 3 aromatic rings. The Hall–Kier alpha value is -1.41. The number of halogens is 2. The molecule has 0 aliphatic heterocycles. The molecule has 0 bridgehead atoms. The van der Waals surface area contributed by atoms with Gasteiger partial charge in [-0.3, -0.25) is 4.79 Å². The molecule has 3 rings (SSSR count). The number of carbonyl (C=O) groups excluding carboxylic acids is 1. The Morgan fingerprint density at radius 3 is 2.63 bits per heavy atom. The average Bonchev–Trinajstić information content (AvgIpc) is 2.98. The number of hydrogen-bond acceptors (Lipinski definition) is 4. The van der Waals surface area contributed by atoms with Crippen molar-refractivity contribution in [2.45, 2.75) is 39.5 Å². The Kier molecular flexibility index (Phi) is 7.61. The average molecular weight is 529 g/mol. The van der Waals surface area contributed by atoms with Crippen molar-refractivity contribution < 1.29 is 13.2 Å². The van der Waals surface area contributed by atoms with E-state index in [0.717, 1.165) is 43.4 Å². The molecular formula is C22H23BrClNO3S2. The summed E-state index contributed by atoms with van der Waals surface area (Å²) in [6.07, 6.45) is 2.92. The molecule has 1 amide bonds. The van der Waals surface area contributed by atoms with Crippen molar-refractivity contribution in [1.29, 1.82) is 0 Å². The molecule has 0 spiro atoms. The molecule has 8 heteroatoms. The molecule has 0 aliphatic rings. The Labute approximate surface area is 194 Å². The van der Waals surface area contributed by atoms with Crippen LogP contribution in [0.25, 0.3) is 10.1 Å². The fourth-order valence-corrected chi connectivity index (χ4v) is 6.17. The lowest BCUT2D eigenvalue weighted by atomic mass is 10.0. The fourth-order valence-electron chi connectivity index (χ4n) is 3.28. The van der Waals surface area contributed by atoms with Gasteiger partial charge in [-0.05, 0) is 60.2 Å².